The summed E-state index contributed by atoms with van der Waals surface area (Å²) < 4.78 is 2.44. The summed E-state index contributed by atoms with van der Waals surface area (Å²) in [6, 6.07) is 105. The van der Waals surface area contributed by atoms with Gasteiger partial charge in [-0.15, -0.1) is 10.0 Å². The Morgan fingerprint density at radius 1 is 0.263 bits per heavy atom. The van der Waals surface area contributed by atoms with Crippen LogP contribution in [0.2, 0.25) is 0 Å². The predicted octanol–water partition coefficient (Wildman–Crippen LogP) is 19.3. The molecule has 0 saturated heterocycles. The molecule has 0 fully saturated rings. The maximum atomic E-state index is 5.18. The van der Waals surface area contributed by atoms with Gasteiger partial charge in [0, 0.05) is 52.6 Å². The fourth-order valence-corrected chi connectivity index (χ4v) is 14.4. The molecular formula is C71H54N4S. The first kappa shape index (κ1) is 47.6. The normalized spacial score (nSPS) is 11.5. The highest BCUT2D eigenvalue weighted by Crippen LogP contribution is 2.73. The van der Waals surface area contributed by atoms with Gasteiger partial charge in [0.2, 0.25) is 0 Å². The summed E-state index contributed by atoms with van der Waals surface area (Å²) in [6.07, 6.45) is 0. The zero-order valence-electron chi connectivity index (χ0n) is 42.4. The van der Waals surface area contributed by atoms with Crippen molar-refractivity contribution in [3.05, 3.63) is 291 Å². The second kappa shape index (κ2) is 21.2. The summed E-state index contributed by atoms with van der Waals surface area (Å²) in [7, 11) is -1.88. The van der Waals surface area contributed by atoms with E-state index in [1.54, 1.807) is 0 Å². The average Bonchev–Trinajstić information content (AvgIpc) is 3.84. The van der Waals surface area contributed by atoms with Crippen LogP contribution >= 0.6 is 10.0 Å². The summed E-state index contributed by atoms with van der Waals surface area (Å²) in [4.78, 5) is 20.5. The van der Waals surface area contributed by atoms with Crippen LogP contribution in [0.4, 0.5) is 0 Å². The lowest BCUT2D eigenvalue weighted by Crippen LogP contribution is -2.05. The Morgan fingerprint density at radius 3 is 1.22 bits per heavy atom. The van der Waals surface area contributed by atoms with E-state index in [-0.39, 0.29) is 0 Å². The molecule has 0 unspecified atom stereocenters. The van der Waals surface area contributed by atoms with Gasteiger partial charge >= 0.3 is 0 Å². The van der Waals surface area contributed by atoms with Crippen molar-refractivity contribution in [2.45, 2.75) is 33.4 Å². The van der Waals surface area contributed by atoms with Crippen molar-refractivity contribution in [3.8, 4) is 73.2 Å². The van der Waals surface area contributed by atoms with Crippen molar-refractivity contribution in [2.75, 3.05) is 0 Å². The van der Waals surface area contributed by atoms with Gasteiger partial charge in [-0.05, 0) is 119 Å². The van der Waals surface area contributed by atoms with Crippen LogP contribution in [0.15, 0.2) is 311 Å². The van der Waals surface area contributed by atoms with Crippen molar-refractivity contribution < 1.29 is 0 Å². The molecule has 11 aromatic carbocycles. The lowest BCUT2D eigenvalue weighted by Gasteiger charge is -2.42. The Balaban J connectivity index is 0.00000288. The van der Waals surface area contributed by atoms with Crippen LogP contribution in [0.25, 0.3) is 95.0 Å². The molecular weight excluding hydrogens is 941 g/mol. The first-order chi connectivity index (χ1) is 37.7. The predicted molar refractivity (Wildman–Crippen MR) is 318 cm³/mol. The molecule has 0 aliphatic rings. The Bertz CT molecular complexity index is 3950. The fraction of sp³-hybridized carbons (Fsp3) is 0.0282. The van der Waals surface area contributed by atoms with E-state index in [4.69, 9.17) is 15.0 Å². The number of hydrogen-bond donors (Lipinski definition) is 0. The standard InChI is InChI=1S/C69H48N4S.C2H6/c1-7-23-49(24-8-1)52-29-21-31-55(45-52)62-48-56(69-71-67(50-25-9-2-10-26-50)70-68(72-69)51-27-11-3-12-28-51)42-44-65(62)73-64-40-20-19-39-61(64)63-47-54(41-43-66(63)73)53-30-22-38-60(46-53)74(57-32-13-4-14-33-57,58-34-15-5-16-35-58)59-36-17-6-18-37-59;1-2/h1-48H;1-2H3. The van der Waals surface area contributed by atoms with Gasteiger partial charge in [0.15, 0.2) is 17.5 Å². The lowest BCUT2D eigenvalue weighted by molar-refractivity contribution is 1.07. The van der Waals surface area contributed by atoms with Crippen molar-refractivity contribution in [2.24, 2.45) is 0 Å². The van der Waals surface area contributed by atoms with Gasteiger partial charge in [0.05, 0.1) is 16.7 Å². The zero-order valence-corrected chi connectivity index (χ0v) is 43.2. The molecule has 13 aromatic rings. The van der Waals surface area contributed by atoms with E-state index in [0.29, 0.717) is 17.5 Å². The van der Waals surface area contributed by atoms with E-state index in [2.05, 4.69) is 259 Å². The van der Waals surface area contributed by atoms with Crippen molar-refractivity contribution in [1.29, 1.82) is 0 Å². The first-order valence-corrected chi connectivity index (χ1v) is 27.6. The summed E-state index contributed by atoms with van der Waals surface area (Å²) in [6.45, 7) is 4.00. The van der Waals surface area contributed by atoms with Crippen LogP contribution in [0.5, 0.6) is 0 Å². The molecule has 2 aromatic heterocycles. The van der Waals surface area contributed by atoms with E-state index < -0.39 is 10.0 Å². The second-order valence-electron chi connectivity index (χ2n) is 18.4. The van der Waals surface area contributed by atoms with Gasteiger partial charge in [-0.3, -0.25) is 0 Å². The molecule has 0 aliphatic heterocycles. The van der Waals surface area contributed by atoms with Gasteiger partial charge in [0.25, 0.3) is 0 Å². The molecule has 0 radical (unpaired) electrons. The average molecular weight is 995 g/mol. The molecule has 0 aliphatic carbocycles. The molecule has 5 heteroatoms. The van der Waals surface area contributed by atoms with Gasteiger partial charge in [-0.2, -0.15) is 0 Å². The maximum Gasteiger partial charge on any atom is 0.164 e. The summed E-state index contributed by atoms with van der Waals surface area (Å²) in [5.74, 6) is 1.86. The fourth-order valence-electron chi connectivity index (χ4n) is 10.5. The van der Waals surface area contributed by atoms with Gasteiger partial charge in [-0.25, -0.2) is 15.0 Å². The number of nitrogens with zero attached hydrogens (tertiary/aromatic N) is 4. The highest BCUT2D eigenvalue weighted by atomic mass is 32.3. The molecule has 0 amide bonds. The number of hydrogen-bond acceptors (Lipinski definition) is 3. The van der Waals surface area contributed by atoms with E-state index in [9.17, 15) is 0 Å². The number of benzene rings is 11. The van der Waals surface area contributed by atoms with E-state index in [1.807, 2.05) is 50.2 Å². The Labute approximate surface area is 446 Å². The zero-order chi connectivity index (χ0) is 51.3. The van der Waals surface area contributed by atoms with E-state index in [0.717, 1.165) is 61.2 Å². The maximum absolute atomic E-state index is 5.18. The minimum atomic E-state index is -1.88. The number of para-hydroxylation sites is 1. The van der Waals surface area contributed by atoms with Crippen LogP contribution in [0.1, 0.15) is 13.8 Å². The number of fused-ring (bicyclic) bond motifs is 3. The molecule has 4 nitrogen and oxygen atoms in total. The third-order valence-corrected chi connectivity index (χ3v) is 17.9. The van der Waals surface area contributed by atoms with Gasteiger partial charge in [-0.1, -0.05) is 214 Å². The summed E-state index contributed by atoms with van der Waals surface area (Å²) in [5, 5.41) is 2.37. The third-order valence-electron chi connectivity index (χ3n) is 14.0. The highest BCUT2D eigenvalue weighted by molar-refractivity contribution is 8.34. The van der Waals surface area contributed by atoms with E-state index >= 15 is 0 Å². The second-order valence-corrected chi connectivity index (χ2v) is 21.5. The smallest absolute Gasteiger partial charge is 0.164 e. The SMILES string of the molecule is CC.c1ccc(-c2cccc(-c3cc(-c4nc(-c5ccccc5)nc(-c5ccccc5)n4)ccc3-n3c4ccccc4c4cc(-c5cccc(S(c6ccccc6)(c6ccccc6)c6ccccc6)c5)ccc43)c2)cc1. The molecule has 0 atom stereocenters. The Morgan fingerprint density at radius 2 is 0.658 bits per heavy atom. The minimum absolute atomic E-state index is 0.608. The van der Waals surface area contributed by atoms with Crippen LogP contribution in [0, 0.1) is 0 Å². The van der Waals surface area contributed by atoms with Crippen molar-refractivity contribution >= 4 is 31.8 Å². The van der Waals surface area contributed by atoms with Gasteiger partial charge < -0.3 is 4.57 Å². The quantitative estimate of drug-likeness (QED) is 0.130. The largest absolute Gasteiger partial charge is 0.309 e. The molecule has 76 heavy (non-hydrogen) atoms. The summed E-state index contributed by atoms with van der Waals surface area (Å²) >= 11 is 0. The third kappa shape index (κ3) is 8.87. The molecule has 0 N–H and O–H groups in total. The minimum Gasteiger partial charge on any atom is -0.309 e. The molecule has 0 spiro atoms. The molecule has 364 valence electrons. The molecule has 2 heterocycles. The molecule has 0 bridgehead atoms. The Kier molecular flexibility index (Phi) is 13.3. The number of rotatable bonds is 11. The highest BCUT2D eigenvalue weighted by Gasteiger charge is 2.33. The van der Waals surface area contributed by atoms with E-state index in [1.165, 1.54) is 35.9 Å². The molecule has 0 saturated carbocycles. The summed E-state index contributed by atoms with van der Waals surface area (Å²) in [5.41, 5.74) is 12.8. The number of aromatic nitrogens is 4. The van der Waals surface area contributed by atoms with Crippen molar-refractivity contribution in [3.63, 3.8) is 0 Å². The monoisotopic (exact) mass is 994 g/mol. The van der Waals surface area contributed by atoms with Crippen LogP contribution < -0.4 is 0 Å². The Hall–Kier alpha value is -9.42. The van der Waals surface area contributed by atoms with Crippen molar-refractivity contribution in [1.82, 2.24) is 19.5 Å². The lowest BCUT2D eigenvalue weighted by atomic mass is 9.96. The van der Waals surface area contributed by atoms with Crippen LogP contribution in [-0.4, -0.2) is 19.5 Å². The topological polar surface area (TPSA) is 43.6 Å². The first-order valence-electron chi connectivity index (χ1n) is 26.0. The molecule has 13 rings (SSSR count). The van der Waals surface area contributed by atoms with Crippen LogP contribution in [-0.2, 0) is 0 Å². The van der Waals surface area contributed by atoms with Gasteiger partial charge in [0.1, 0.15) is 0 Å². The van der Waals surface area contributed by atoms with Crippen LogP contribution in [0.3, 0.4) is 0 Å².